The number of aliphatic imine (C=N–C) groups is 1. The van der Waals surface area contributed by atoms with Crippen molar-refractivity contribution in [3.05, 3.63) is 47.1 Å². The Morgan fingerprint density at radius 2 is 2.09 bits per heavy atom. The van der Waals surface area contributed by atoms with Crippen molar-refractivity contribution in [2.45, 2.75) is 32.1 Å². The Labute approximate surface area is 136 Å². The summed E-state index contributed by atoms with van der Waals surface area (Å²) in [6.45, 7) is 11.3. The molecular formula is C18H23N3S. The van der Waals surface area contributed by atoms with E-state index in [1.165, 1.54) is 4.90 Å². The van der Waals surface area contributed by atoms with E-state index in [1.54, 1.807) is 11.9 Å². The molecule has 1 aromatic heterocycles. The summed E-state index contributed by atoms with van der Waals surface area (Å²) >= 11 is 1.67. The van der Waals surface area contributed by atoms with Gasteiger partial charge in [0.15, 0.2) is 0 Å². The molecule has 0 saturated heterocycles. The lowest BCUT2D eigenvalue weighted by Gasteiger charge is -2.10. The number of hydrogen-bond acceptors (Lipinski definition) is 3. The van der Waals surface area contributed by atoms with E-state index < -0.39 is 0 Å². The molecule has 0 aliphatic rings. The van der Waals surface area contributed by atoms with E-state index in [9.17, 15) is 0 Å². The second kappa shape index (κ2) is 8.01. The zero-order chi connectivity index (χ0) is 15.9. The summed E-state index contributed by atoms with van der Waals surface area (Å²) in [5.41, 5.74) is 2.17. The van der Waals surface area contributed by atoms with Crippen LogP contribution in [0, 0.1) is 0 Å². The van der Waals surface area contributed by atoms with E-state index in [0.29, 0.717) is 0 Å². The normalized spacial score (nSPS) is 11.7. The minimum atomic E-state index is 0.952. The predicted octanol–water partition coefficient (Wildman–Crippen LogP) is 3.11. The quantitative estimate of drug-likeness (QED) is 0.504. The zero-order valence-electron chi connectivity index (χ0n) is 13.5. The molecule has 4 heteroatoms. The van der Waals surface area contributed by atoms with Crippen LogP contribution in [0.15, 0.2) is 46.4 Å². The fourth-order valence-electron chi connectivity index (χ4n) is 2.00. The van der Waals surface area contributed by atoms with Gasteiger partial charge in [-0.3, -0.25) is 9.71 Å². The summed E-state index contributed by atoms with van der Waals surface area (Å²) in [5.74, 6) is 0. The van der Waals surface area contributed by atoms with Gasteiger partial charge in [-0.05, 0) is 50.4 Å². The molecule has 1 N–H and O–H groups in total. The highest BCUT2D eigenvalue weighted by molar-refractivity contribution is 7.97. The molecule has 1 heterocycles. The monoisotopic (exact) mass is 313 g/mol. The van der Waals surface area contributed by atoms with Crippen molar-refractivity contribution in [3.63, 3.8) is 0 Å². The topological polar surface area (TPSA) is 29.3 Å². The molecule has 0 fully saturated rings. The molecule has 22 heavy (non-hydrogen) atoms. The lowest BCUT2D eigenvalue weighted by molar-refractivity contribution is 0.876. The second-order valence-electron chi connectivity index (χ2n) is 5.26. The first-order valence-electron chi connectivity index (χ1n) is 7.50. The first-order chi connectivity index (χ1) is 10.6. The summed E-state index contributed by atoms with van der Waals surface area (Å²) < 4.78 is 5.49. The third-order valence-corrected chi connectivity index (χ3v) is 4.06. The van der Waals surface area contributed by atoms with Crippen LogP contribution in [0.1, 0.15) is 27.2 Å². The molecule has 0 aliphatic carbocycles. The van der Waals surface area contributed by atoms with Crippen molar-refractivity contribution in [2.24, 2.45) is 4.99 Å². The van der Waals surface area contributed by atoms with E-state index in [4.69, 9.17) is 0 Å². The number of benzene rings is 1. The van der Waals surface area contributed by atoms with Crippen LogP contribution in [0.2, 0.25) is 0 Å². The van der Waals surface area contributed by atoms with Crippen molar-refractivity contribution in [3.8, 4) is 5.69 Å². The fourth-order valence-corrected chi connectivity index (χ4v) is 2.87. The van der Waals surface area contributed by atoms with Crippen molar-refractivity contribution >= 4 is 30.4 Å². The highest BCUT2D eigenvalue weighted by Gasteiger charge is 2.05. The van der Waals surface area contributed by atoms with Gasteiger partial charge in [-0.2, -0.15) is 0 Å². The summed E-state index contributed by atoms with van der Waals surface area (Å²) in [6.07, 6.45) is 5.04. The predicted molar refractivity (Wildman–Crippen MR) is 97.9 cm³/mol. The van der Waals surface area contributed by atoms with Crippen molar-refractivity contribution < 1.29 is 0 Å². The van der Waals surface area contributed by atoms with Crippen molar-refractivity contribution in [1.29, 1.82) is 0 Å². The van der Waals surface area contributed by atoms with Gasteiger partial charge in [-0.25, -0.2) is 0 Å². The van der Waals surface area contributed by atoms with Crippen LogP contribution in [-0.2, 0) is 0 Å². The third kappa shape index (κ3) is 4.12. The van der Waals surface area contributed by atoms with E-state index in [1.807, 2.05) is 26.2 Å². The lowest BCUT2D eigenvalue weighted by atomic mass is 10.3. The van der Waals surface area contributed by atoms with Gasteiger partial charge in [0, 0.05) is 40.1 Å². The largest absolute Gasteiger partial charge is 0.316 e. The zero-order valence-corrected chi connectivity index (χ0v) is 14.3. The standard InChI is InChI=1S/C18H23N3S/c1-5-11-20-22-18-9-7-6-8-17(18)21-12-10-16(15(21)4)13-19-14(2)3/h6-10,12-13,20H,4-5,11H2,1-3H3/b16-13-. The molecule has 0 unspecified atom stereocenters. The third-order valence-electron chi connectivity index (χ3n) is 3.15. The van der Waals surface area contributed by atoms with Crippen molar-refractivity contribution in [2.75, 3.05) is 6.54 Å². The Bertz CT molecular complexity index is 755. The Hall–Kier alpha value is -1.78. The van der Waals surface area contributed by atoms with Gasteiger partial charge in [0.25, 0.3) is 0 Å². The summed E-state index contributed by atoms with van der Waals surface area (Å²) in [5, 5.41) is 2.00. The molecule has 1 aromatic carbocycles. The smallest absolute Gasteiger partial charge is 0.0604 e. The summed E-state index contributed by atoms with van der Waals surface area (Å²) in [4.78, 5) is 5.56. The van der Waals surface area contributed by atoms with Crippen LogP contribution in [0.25, 0.3) is 18.5 Å². The summed E-state index contributed by atoms with van der Waals surface area (Å²) in [7, 11) is 0. The Kier molecular flexibility index (Phi) is 6.04. The highest BCUT2D eigenvalue weighted by Crippen LogP contribution is 2.22. The van der Waals surface area contributed by atoms with Crippen LogP contribution in [0.3, 0.4) is 0 Å². The Morgan fingerprint density at radius 3 is 2.82 bits per heavy atom. The summed E-state index contributed by atoms with van der Waals surface area (Å²) in [6, 6.07) is 10.4. The van der Waals surface area contributed by atoms with Gasteiger partial charge in [0.05, 0.1) is 5.69 Å². The number of nitrogens with zero attached hydrogens (tertiary/aromatic N) is 2. The molecule has 3 nitrogen and oxygen atoms in total. The van der Waals surface area contributed by atoms with Gasteiger partial charge in [0.2, 0.25) is 0 Å². The molecule has 2 aromatic rings. The molecule has 0 radical (unpaired) electrons. The average Bonchev–Trinajstić information content (AvgIpc) is 2.87. The minimum Gasteiger partial charge on any atom is -0.316 e. The van der Waals surface area contributed by atoms with Gasteiger partial charge < -0.3 is 4.57 Å². The van der Waals surface area contributed by atoms with E-state index in [-0.39, 0.29) is 0 Å². The Morgan fingerprint density at radius 1 is 1.32 bits per heavy atom. The maximum absolute atomic E-state index is 4.37. The van der Waals surface area contributed by atoms with Crippen LogP contribution < -0.4 is 15.3 Å². The van der Waals surface area contributed by atoms with E-state index >= 15 is 0 Å². The fraction of sp³-hybridized carbons (Fsp3) is 0.278. The van der Waals surface area contributed by atoms with Gasteiger partial charge in [-0.15, -0.1) is 0 Å². The first kappa shape index (κ1) is 16.6. The van der Waals surface area contributed by atoms with E-state index in [0.717, 1.165) is 34.9 Å². The van der Waals surface area contributed by atoms with Crippen LogP contribution in [0.4, 0.5) is 0 Å². The lowest BCUT2D eigenvalue weighted by Crippen LogP contribution is -2.26. The molecule has 2 rings (SSSR count). The minimum absolute atomic E-state index is 0.952. The number of aromatic nitrogens is 1. The molecule has 0 spiro atoms. The van der Waals surface area contributed by atoms with Crippen LogP contribution >= 0.6 is 11.9 Å². The first-order valence-corrected chi connectivity index (χ1v) is 8.31. The molecule has 0 aliphatic heterocycles. The Balaban J connectivity index is 2.39. The van der Waals surface area contributed by atoms with E-state index in [2.05, 4.69) is 58.1 Å². The van der Waals surface area contributed by atoms with Gasteiger partial charge >= 0.3 is 0 Å². The van der Waals surface area contributed by atoms with Crippen molar-refractivity contribution in [1.82, 2.24) is 9.29 Å². The average molecular weight is 313 g/mol. The van der Waals surface area contributed by atoms with Gasteiger partial charge in [-0.1, -0.05) is 25.6 Å². The highest BCUT2D eigenvalue weighted by atomic mass is 32.2. The molecule has 0 atom stereocenters. The molecule has 0 amide bonds. The molecule has 0 saturated carbocycles. The molecular weight excluding hydrogens is 290 g/mol. The number of rotatable bonds is 6. The maximum Gasteiger partial charge on any atom is 0.0604 e. The second-order valence-corrected chi connectivity index (χ2v) is 6.19. The number of nitrogens with one attached hydrogen (secondary N) is 1. The SMILES string of the molecule is C=c1/c(=C\N=C(C)C)ccn1-c1ccccc1SNCCC. The molecule has 0 bridgehead atoms. The molecule has 116 valence electrons. The number of para-hydroxylation sites is 1. The maximum atomic E-state index is 4.37. The van der Waals surface area contributed by atoms with Crippen LogP contribution in [-0.4, -0.2) is 16.8 Å². The van der Waals surface area contributed by atoms with Crippen LogP contribution in [0.5, 0.6) is 0 Å². The number of hydrogen-bond donors (Lipinski definition) is 1. The van der Waals surface area contributed by atoms with Gasteiger partial charge in [0.1, 0.15) is 0 Å².